The largest absolute Gasteiger partial charge is 0.496 e. The molecule has 1 aliphatic rings. The molecule has 2 atom stereocenters. The fourth-order valence-electron chi connectivity index (χ4n) is 2.90. The third-order valence-corrected chi connectivity index (χ3v) is 4.40. The van der Waals surface area contributed by atoms with Crippen molar-refractivity contribution < 1.29 is 9.47 Å². The van der Waals surface area contributed by atoms with Gasteiger partial charge in [-0.1, -0.05) is 25.1 Å². The first-order valence-electron chi connectivity index (χ1n) is 8.29. The number of nitrogens with zero attached hydrogens (tertiary/aromatic N) is 1. The maximum absolute atomic E-state index is 5.80. The van der Waals surface area contributed by atoms with Crippen molar-refractivity contribution in [3.8, 4) is 5.75 Å². The molecule has 128 valence electrons. The molecule has 0 spiro atoms. The zero-order valence-electron chi connectivity index (χ0n) is 14.7. The summed E-state index contributed by atoms with van der Waals surface area (Å²) in [5.41, 5.74) is 1.12. The summed E-state index contributed by atoms with van der Waals surface area (Å²) in [4.78, 5) is 4.30. The van der Waals surface area contributed by atoms with Crippen LogP contribution in [-0.2, 0) is 4.74 Å². The van der Waals surface area contributed by atoms with E-state index in [4.69, 9.17) is 9.47 Å². The van der Waals surface area contributed by atoms with E-state index in [0.717, 1.165) is 44.2 Å². The van der Waals surface area contributed by atoms with Crippen LogP contribution in [0.3, 0.4) is 0 Å². The Balaban J connectivity index is 1.85. The Kier molecular flexibility index (Phi) is 6.28. The van der Waals surface area contributed by atoms with Crippen molar-refractivity contribution in [2.45, 2.75) is 38.2 Å². The minimum absolute atomic E-state index is 0.0775. The highest BCUT2D eigenvalue weighted by molar-refractivity contribution is 5.79. The lowest BCUT2D eigenvalue weighted by Gasteiger charge is -2.25. The van der Waals surface area contributed by atoms with E-state index in [1.807, 2.05) is 18.2 Å². The first-order chi connectivity index (χ1) is 11.1. The van der Waals surface area contributed by atoms with Gasteiger partial charge in [0.05, 0.1) is 12.7 Å². The van der Waals surface area contributed by atoms with Crippen LogP contribution in [0.2, 0.25) is 0 Å². The molecule has 0 amide bonds. The molecule has 0 radical (unpaired) electrons. The van der Waals surface area contributed by atoms with Gasteiger partial charge in [0.15, 0.2) is 5.96 Å². The fraction of sp³-hybridized carbons (Fsp3) is 0.611. The Labute approximate surface area is 139 Å². The van der Waals surface area contributed by atoms with E-state index in [9.17, 15) is 0 Å². The maximum Gasteiger partial charge on any atom is 0.191 e. The number of ether oxygens (including phenoxy) is 2. The molecule has 2 N–H and O–H groups in total. The fourth-order valence-corrected chi connectivity index (χ4v) is 2.90. The molecule has 5 heteroatoms. The smallest absolute Gasteiger partial charge is 0.191 e. The van der Waals surface area contributed by atoms with Crippen LogP contribution in [-0.4, -0.2) is 45.4 Å². The highest BCUT2D eigenvalue weighted by Crippen LogP contribution is 2.25. The number of guanidine groups is 1. The minimum Gasteiger partial charge on any atom is -0.496 e. The number of methoxy groups -OCH3 is 1. The van der Waals surface area contributed by atoms with Gasteiger partial charge in [-0.2, -0.15) is 0 Å². The lowest BCUT2D eigenvalue weighted by molar-refractivity contribution is 0.0243. The zero-order valence-corrected chi connectivity index (χ0v) is 14.7. The average molecular weight is 319 g/mol. The van der Waals surface area contributed by atoms with Crippen molar-refractivity contribution in [1.29, 1.82) is 0 Å². The van der Waals surface area contributed by atoms with Gasteiger partial charge in [0.1, 0.15) is 5.75 Å². The van der Waals surface area contributed by atoms with E-state index >= 15 is 0 Å². The first kappa shape index (κ1) is 17.6. The molecular formula is C18H29N3O2. The quantitative estimate of drug-likeness (QED) is 0.625. The lowest BCUT2D eigenvalue weighted by atomic mass is 10.00. The molecule has 1 heterocycles. The standard InChI is InChI=1S/C18H29N3O2/c1-14(15-8-5-6-9-16(15)22-4)12-20-17(19-3)21-13-18(2)10-7-11-23-18/h5-6,8-9,14H,7,10-13H2,1-4H3,(H2,19,20,21). The van der Waals surface area contributed by atoms with Crippen LogP contribution in [0.15, 0.2) is 29.3 Å². The summed E-state index contributed by atoms with van der Waals surface area (Å²) in [6.45, 7) is 6.75. The van der Waals surface area contributed by atoms with Gasteiger partial charge in [0, 0.05) is 32.7 Å². The van der Waals surface area contributed by atoms with E-state index in [1.54, 1.807) is 14.2 Å². The molecule has 2 rings (SSSR count). The predicted molar refractivity (Wildman–Crippen MR) is 94.4 cm³/mol. The zero-order chi connectivity index (χ0) is 16.7. The van der Waals surface area contributed by atoms with Crippen LogP contribution >= 0.6 is 0 Å². The molecule has 1 aliphatic heterocycles. The van der Waals surface area contributed by atoms with E-state index in [-0.39, 0.29) is 5.60 Å². The van der Waals surface area contributed by atoms with Gasteiger partial charge in [-0.3, -0.25) is 4.99 Å². The molecule has 0 aromatic heterocycles. The second-order valence-electron chi connectivity index (χ2n) is 6.35. The predicted octanol–water partition coefficient (Wildman–Crippen LogP) is 2.53. The van der Waals surface area contributed by atoms with Crippen molar-refractivity contribution in [3.63, 3.8) is 0 Å². The van der Waals surface area contributed by atoms with Crippen LogP contribution < -0.4 is 15.4 Å². The summed E-state index contributed by atoms with van der Waals surface area (Å²) >= 11 is 0. The number of rotatable bonds is 6. The van der Waals surface area contributed by atoms with Crippen LogP contribution in [0.1, 0.15) is 38.2 Å². The number of benzene rings is 1. The normalized spacial score (nSPS) is 22.7. The van der Waals surface area contributed by atoms with Gasteiger partial charge in [-0.15, -0.1) is 0 Å². The topological polar surface area (TPSA) is 54.9 Å². The Morgan fingerprint density at radius 2 is 2.17 bits per heavy atom. The third-order valence-electron chi connectivity index (χ3n) is 4.40. The van der Waals surface area contributed by atoms with E-state index in [2.05, 4.69) is 35.5 Å². The first-order valence-corrected chi connectivity index (χ1v) is 8.29. The maximum atomic E-state index is 5.80. The van der Waals surface area contributed by atoms with Crippen LogP contribution in [0, 0.1) is 0 Å². The Morgan fingerprint density at radius 1 is 1.39 bits per heavy atom. The highest BCUT2D eigenvalue weighted by atomic mass is 16.5. The summed E-state index contributed by atoms with van der Waals surface area (Å²) < 4.78 is 11.2. The number of aliphatic imine (C=N–C) groups is 1. The summed E-state index contributed by atoms with van der Waals surface area (Å²) in [6, 6.07) is 8.14. The van der Waals surface area contributed by atoms with Crippen molar-refractivity contribution in [1.82, 2.24) is 10.6 Å². The molecule has 2 unspecified atom stereocenters. The average Bonchev–Trinajstić information content (AvgIpc) is 3.01. The summed E-state index contributed by atoms with van der Waals surface area (Å²) in [5, 5.41) is 6.76. The van der Waals surface area contributed by atoms with Crippen LogP contribution in [0.5, 0.6) is 5.75 Å². The van der Waals surface area contributed by atoms with Crippen molar-refractivity contribution >= 4 is 5.96 Å². The Bertz CT molecular complexity index is 525. The number of hydrogen-bond donors (Lipinski definition) is 2. The van der Waals surface area contributed by atoms with Gasteiger partial charge in [-0.25, -0.2) is 0 Å². The molecule has 0 aliphatic carbocycles. The van der Waals surface area contributed by atoms with E-state index in [1.165, 1.54) is 5.56 Å². The molecule has 1 fully saturated rings. The monoisotopic (exact) mass is 319 g/mol. The molecule has 0 bridgehead atoms. The van der Waals surface area contributed by atoms with Gasteiger partial charge >= 0.3 is 0 Å². The van der Waals surface area contributed by atoms with Gasteiger partial charge in [0.25, 0.3) is 0 Å². The van der Waals surface area contributed by atoms with Crippen molar-refractivity contribution in [2.75, 3.05) is 33.9 Å². The van der Waals surface area contributed by atoms with Gasteiger partial charge < -0.3 is 20.1 Å². The molecular weight excluding hydrogens is 290 g/mol. The third kappa shape index (κ3) is 4.86. The highest BCUT2D eigenvalue weighted by Gasteiger charge is 2.29. The molecule has 23 heavy (non-hydrogen) atoms. The molecule has 1 aromatic rings. The van der Waals surface area contributed by atoms with Crippen molar-refractivity contribution in [2.24, 2.45) is 4.99 Å². The number of hydrogen-bond acceptors (Lipinski definition) is 3. The lowest BCUT2D eigenvalue weighted by Crippen LogP contribution is -2.46. The molecule has 1 aromatic carbocycles. The minimum atomic E-state index is -0.0775. The van der Waals surface area contributed by atoms with Crippen LogP contribution in [0.4, 0.5) is 0 Å². The van der Waals surface area contributed by atoms with Gasteiger partial charge in [0.2, 0.25) is 0 Å². The van der Waals surface area contributed by atoms with E-state index < -0.39 is 0 Å². The summed E-state index contributed by atoms with van der Waals surface area (Å²) in [5.74, 6) is 2.06. The second-order valence-corrected chi connectivity index (χ2v) is 6.35. The summed E-state index contributed by atoms with van der Waals surface area (Å²) in [7, 11) is 3.50. The molecule has 1 saturated heterocycles. The van der Waals surface area contributed by atoms with E-state index in [0.29, 0.717) is 5.92 Å². The second kappa shape index (κ2) is 8.20. The Hall–Kier alpha value is -1.75. The summed E-state index contributed by atoms with van der Waals surface area (Å²) in [6.07, 6.45) is 2.23. The number of nitrogens with one attached hydrogen (secondary N) is 2. The molecule has 0 saturated carbocycles. The van der Waals surface area contributed by atoms with Gasteiger partial charge in [-0.05, 0) is 31.4 Å². The molecule has 5 nitrogen and oxygen atoms in total. The number of para-hydroxylation sites is 1. The van der Waals surface area contributed by atoms with Crippen LogP contribution in [0.25, 0.3) is 0 Å². The SMILES string of the molecule is CN=C(NCC(C)c1ccccc1OC)NCC1(C)CCCO1. The van der Waals surface area contributed by atoms with Crippen molar-refractivity contribution in [3.05, 3.63) is 29.8 Å². The Morgan fingerprint density at radius 3 is 2.83 bits per heavy atom.